The van der Waals surface area contributed by atoms with E-state index in [-0.39, 0.29) is 42.6 Å². The van der Waals surface area contributed by atoms with Crippen LogP contribution in [-0.4, -0.2) is 61.3 Å². The molecule has 30 heavy (non-hydrogen) atoms. The van der Waals surface area contributed by atoms with Gasteiger partial charge in [0.15, 0.2) is 6.61 Å². The minimum Gasteiger partial charge on any atom is -0.455 e. The SMILES string of the molecule is CC1CCCC(C)N1C(=O)COC(=O)C1CCCN(S(=O)(=O)c2ccc(F)cc2)C1. The van der Waals surface area contributed by atoms with Gasteiger partial charge in [-0.15, -0.1) is 0 Å². The highest BCUT2D eigenvalue weighted by Crippen LogP contribution is 2.26. The summed E-state index contributed by atoms with van der Waals surface area (Å²) in [7, 11) is -3.82. The van der Waals surface area contributed by atoms with E-state index in [1.807, 2.05) is 13.8 Å². The van der Waals surface area contributed by atoms with Crippen molar-refractivity contribution < 1.29 is 27.1 Å². The van der Waals surface area contributed by atoms with Crippen LogP contribution in [0.5, 0.6) is 0 Å². The Morgan fingerprint density at radius 1 is 1.07 bits per heavy atom. The van der Waals surface area contributed by atoms with Crippen LogP contribution in [0.3, 0.4) is 0 Å². The lowest BCUT2D eigenvalue weighted by molar-refractivity contribution is -0.158. The minimum absolute atomic E-state index is 0.0107. The highest BCUT2D eigenvalue weighted by Gasteiger charge is 2.35. The number of amides is 1. The predicted molar refractivity (Wildman–Crippen MR) is 108 cm³/mol. The average Bonchev–Trinajstić information content (AvgIpc) is 2.72. The van der Waals surface area contributed by atoms with Crippen molar-refractivity contribution in [2.24, 2.45) is 5.92 Å². The molecule has 2 heterocycles. The van der Waals surface area contributed by atoms with Gasteiger partial charge in [-0.1, -0.05) is 0 Å². The normalized spacial score (nSPS) is 25.7. The number of hydrogen-bond donors (Lipinski definition) is 0. The van der Waals surface area contributed by atoms with Crippen molar-refractivity contribution in [2.75, 3.05) is 19.7 Å². The third kappa shape index (κ3) is 5.00. The molecule has 2 saturated heterocycles. The van der Waals surface area contributed by atoms with Crippen LogP contribution in [0.15, 0.2) is 29.2 Å². The predicted octanol–water partition coefficient (Wildman–Crippen LogP) is 2.56. The lowest BCUT2D eigenvalue weighted by Crippen LogP contribution is -2.49. The molecular weight excluding hydrogens is 411 g/mol. The van der Waals surface area contributed by atoms with E-state index in [1.165, 1.54) is 16.4 Å². The first kappa shape index (κ1) is 22.7. The number of piperidine rings is 2. The van der Waals surface area contributed by atoms with E-state index in [0.29, 0.717) is 12.8 Å². The molecule has 0 radical (unpaired) electrons. The number of hydrogen-bond acceptors (Lipinski definition) is 5. The molecule has 1 aromatic carbocycles. The lowest BCUT2D eigenvalue weighted by Gasteiger charge is -2.39. The Morgan fingerprint density at radius 3 is 2.33 bits per heavy atom. The number of esters is 1. The summed E-state index contributed by atoms with van der Waals surface area (Å²) in [6.45, 7) is 3.94. The highest BCUT2D eigenvalue weighted by molar-refractivity contribution is 7.89. The Labute approximate surface area is 177 Å². The van der Waals surface area contributed by atoms with Crippen molar-refractivity contribution >= 4 is 21.9 Å². The Kier molecular flexibility index (Phi) is 7.13. The number of rotatable bonds is 5. The second-order valence-electron chi connectivity index (χ2n) is 8.19. The van der Waals surface area contributed by atoms with Gasteiger partial charge in [-0.05, 0) is 70.2 Å². The van der Waals surface area contributed by atoms with E-state index >= 15 is 0 Å². The van der Waals surface area contributed by atoms with Gasteiger partial charge in [0, 0.05) is 25.2 Å². The summed E-state index contributed by atoms with van der Waals surface area (Å²) in [4.78, 5) is 26.9. The molecule has 1 amide bonds. The second kappa shape index (κ2) is 9.43. The smallest absolute Gasteiger partial charge is 0.310 e. The van der Waals surface area contributed by atoms with Gasteiger partial charge in [0.1, 0.15) is 5.82 Å². The summed E-state index contributed by atoms with van der Waals surface area (Å²) in [5, 5.41) is 0. The van der Waals surface area contributed by atoms with E-state index in [9.17, 15) is 22.4 Å². The molecule has 9 heteroatoms. The summed E-state index contributed by atoms with van der Waals surface area (Å²) in [5.41, 5.74) is 0. The molecule has 0 N–H and O–H groups in total. The highest BCUT2D eigenvalue weighted by atomic mass is 32.2. The molecule has 0 bridgehead atoms. The number of halogens is 1. The number of carbonyl (C=O) groups excluding carboxylic acids is 2. The number of carbonyl (C=O) groups is 2. The molecule has 2 fully saturated rings. The summed E-state index contributed by atoms with van der Waals surface area (Å²) in [6.07, 6.45) is 3.95. The molecule has 0 spiro atoms. The Balaban J connectivity index is 1.59. The van der Waals surface area contributed by atoms with Gasteiger partial charge in [-0.2, -0.15) is 4.31 Å². The molecule has 3 rings (SSSR count). The van der Waals surface area contributed by atoms with Crippen LogP contribution < -0.4 is 0 Å². The Morgan fingerprint density at radius 2 is 1.70 bits per heavy atom. The molecule has 0 aliphatic carbocycles. The molecular formula is C21H29FN2O5S. The lowest BCUT2D eigenvalue weighted by atomic mass is 9.97. The van der Waals surface area contributed by atoms with Gasteiger partial charge in [-0.25, -0.2) is 12.8 Å². The molecule has 1 aromatic rings. The van der Waals surface area contributed by atoms with Crippen LogP contribution in [-0.2, 0) is 24.3 Å². The molecule has 7 nitrogen and oxygen atoms in total. The maximum atomic E-state index is 13.1. The van der Waals surface area contributed by atoms with Gasteiger partial charge in [0.2, 0.25) is 10.0 Å². The second-order valence-corrected chi connectivity index (χ2v) is 10.1. The van der Waals surface area contributed by atoms with E-state index < -0.39 is 27.7 Å². The maximum Gasteiger partial charge on any atom is 0.310 e. The van der Waals surface area contributed by atoms with Crippen molar-refractivity contribution in [3.05, 3.63) is 30.1 Å². The van der Waals surface area contributed by atoms with Crippen LogP contribution in [0.1, 0.15) is 46.0 Å². The first-order chi connectivity index (χ1) is 14.2. The van der Waals surface area contributed by atoms with Crippen LogP contribution in [0, 0.1) is 11.7 Å². The van der Waals surface area contributed by atoms with Crippen molar-refractivity contribution in [1.82, 2.24) is 9.21 Å². The first-order valence-corrected chi connectivity index (χ1v) is 11.9. The first-order valence-electron chi connectivity index (χ1n) is 10.4. The summed E-state index contributed by atoms with van der Waals surface area (Å²) < 4.78 is 45.2. The molecule has 2 aliphatic heterocycles. The largest absolute Gasteiger partial charge is 0.455 e. The minimum atomic E-state index is -3.82. The fraction of sp³-hybridized carbons (Fsp3) is 0.619. The van der Waals surface area contributed by atoms with E-state index in [1.54, 1.807) is 4.90 Å². The van der Waals surface area contributed by atoms with Gasteiger partial charge in [0.25, 0.3) is 5.91 Å². The third-order valence-corrected chi connectivity index (χ3v) is 7.87. The van der Waals surface area contributed by atoms with E-state index in [0.717, 1.165) is 31.4 Å². The van der Waals surface area contributed by atoms with Crippen molar-refractivity contribution in [1.29, 1.82) is 0 Å². The maximum absolute atomic E-state index is 13.1. The summed E-state index contributed by atoms with van der Waals surface area (Å²) in [5.74, 6) is -1.91. The zero-order chi connectivity index (χ0) is 21.9. The van der Waals surface area contributed by atoms with E-state index in [4.69, 9.17) is 4.74 Å². The molecule has 3 atom stereocenters. The van der Waals surface area contributed by atoms with Crippen LogP contribution in [0.2, 0.25) is 0 Å². The summed E-state index contributed by atoms with van der Waals surface area (Å²) >= 11 is 0. The summed E-state index contributed by atoms with van der Waals surface area (Å²) in [6, 6.07) is 4.85. The monoisotopic (exact) mass is 440 g/mol. The van der Waals surface area contributed by atoms with Crippen LogP contribution >= 0.6 is 0 Å². The van der Waals surface area contributed by atoms with Crippen molar-refractivity contribution in [2.45, 2.75) is 62.9 Å². The number of benzene rings is 1. The topological polar surface area (TPSA) is 84.0 Å². The molecule has 166 valence electrons. The zero-order valence-corrected chi connectivity index (χ0v) is 18.2. The third-order valence-electron chi connectivity index (χ3n) is 5.99. The Hall–Kier alpha value is -2.00. The fourth-order valence-corrected chi connectivity index (χ4v) is 5.87. The number of ether oxygens (including phenoxy) is 1. The molecule has 0 saturated carbocycles. The van der Waals surface area contributed by atoms with Crippen molar-refractivity contribution in [3.8, 4) is 0 Å². The molecule has 2 aliphatic rings. The number of nitrogens with zero attached hydrogens (tertiary/aromatic N) is 2. The van der Waals surface area contributed by atoms with Gasteiger partial charge >= 0.3 is 5.97 Å². The number of sulfonamides is 1. The Bertz CT molecular complexity index is 864. The molecule has 3 unspecified atom stereocenters. The average molecular weight is 441 g/mol. The van der Waals surface area contributed by atoms with E-state index in [2.05, 4.69) is 0 Å². The van der Waals surface area contributed by atoms with Crippen molar-refractivity contribution in [3.63, 3.8) is 0 Å². The fourth-order valence-electron chi connectivity index (χ4n) is 4.35. The number of likely N-dealkylation sites (tertiary alicyclic amines) is 1. The van der Waals surface area contributed by atoms with Crippen LogP contribution in [0.25, 0.3) is 0 Å². The quantitative estimate of drug-likeness (QED) is 0.657. The van der Waals surface area contributed by atoms with Gasteiger partial charge in [0.05, 0.1) is 10.8 Å². The zero-order valence-electron chi connectivity index (χ0n) is 17.4. The van der Waals surface area contributed by atoms with Crippen LogP contribution in [0.4, 0.5) is 4.39 Å². The van der Waals surface area contributed by atoms with Gasteiger partial charge < -0.3 is 9.64 Å². The van der Waals surface area contributed by atoms with Gasteiger partial charge in [-0.3, -0.25) is 9.59 Å². The standard InChI is InChI=1S/C21H29FN2O5S/c1-15-5-3-6-16(2)24(15)20(25)14-29-21(26)17-7-4-12-23(13-17)30(27,28)19-10-8-18(22)9-11-19/h8-11,15-17H,3-7,12-14H2,1-2H3. The molecule has 0 aromatic heterocycles.